The highest BCUT2D eigenvalue weighted by atomic mass is 16.3. The van der Waals surface area contributed by atoms with E-state index in [1.807, 2.05) is 0 Å². The highest BCUT2D eigenvalue weighted by Crippen LogP contribution is 2.19. The number of nitrogens with zero attached hydrogens (tertiary/aromatic N) is 3. The zero-order valence-electron chi connectivity index (χ0n) is 9.19. The van der Waals surface area contributed by atoms with E-state index in [1.165, 1.54) is 0 Å². The number of hydrogen-bond acceptors (Lipinski definition) is 3. The van der Waals surface area contributed by atoms with Crippen molar-refractivity contribution in [2.45, 2.75) is 18.6 Å². The van der Waals surface area contributed by atoms with Gasteiger partial charge in [0.1, 0.15) is 6.10 Å². The molecule has 0 heterocycles. The first-order valence-electron chi connectivity index (χ1n) is 5.12. The summed E-state index contributed by atoms with van der Waals surface area (Å²) >= 11 is 0. The molecular formula is C12H13N3O2. The van der Waals surface area contributed by atoms with E-state index in [2.05, 4.69) is 15.9 Å². The Bertz CT molecular complexity index is 461. The minimum Gasteiger partial charge on any atom is -0.390 e. The number of aliphatic hydroxyl groups is 2. The van der Waals surface area contributed by atoms with Crippen LogP contribution in [0.2, 0.25) is 0 Å². The quantitative estimate of drug-likeness (QED) is 0.350. The summed E-state index contributed by atoms with van der Waals surface area (Å²) in [6, 6.07) is 6.78. The van der Waals surface area contributed by atoms with E-state index in [0.29, 0.717) is 11.1 Å². The number of hydrogen-bond donors (Lipinski definition) is 2. The van der Waals surface area contributed by atoms with Crippen LogP contribution >= 0.6 is 0 Å². The van der Waals surface area contributed by atoms with Crippen LogP contribution in [0.1, 0.15) is 23.7 Å². The third-order valence-electron chi connectivity index (χ3n) is 2.35. The Morgan fingerprint density at radius 2 is 2.24 bits per heavy atom. The maximum Gasteiger partial charge on any atom is 0.105 e. The van der Waals surface area contributed by atoms with Crippen molar-refractivity contribution in [3.05, 3.63) is 45.8 Å². The van der Waals surface area contributed by atoms with E-state index in [4.69, 9.17) is 12.0 Å². The molecule has 5 nitrogen and oxygen atoms in total. The summed E-state index contributed by atoms with van der Waals surface area (Å²) in [5.74, 6) is 2.45. The van der Waals surface area contributed by atoms with Gasteiger partial charge in [0, 0.05) is 17.0 Å². The van der Waals surface area contributed by atoms with Crippen molar-refractivity contribution in [1.29, 1.82) is 0 Å². The average molecular weight is 231 g/mol. The molecule has 2 atom stereocenters. The largest absolute Gasteiger partial charge is 0.390 e. The third kappa shape index (κ3) is 3.82. The fraction of sp³-hybridized carbons (Fsp3) is 0.333. The van der Waals surface area contributed by atoms with Gasteiger partial charge in [0.25, 0.3) is 0 Å². The molecule has 2 N–H and O–H groups in total. The van der Waals surface area contributed by atoms with E-state index >= 15 is 0 Å². The van der Waals surface area contributed by atoms with Crippen molar-refractivity contribution < 1.29 is 10.2 Å². The number of benzene rings is 1. The fourth-order valence-electron chi connectivity index (χ4n) is 1.43. The monoisotopic (exact) mass is 231 g/mol. The average Bonchev–Trinajstić information content (AvgIpc) is 2.38. The standard InChI is InChI=1S/C12H13N3O2/c1-2-9-4-3-5-10(8-9)12(17)11(16)6-7-14-15-13/h1,3-5,8,11-12,16-17H,6-7H2. The second-order valence-corrected chi connectivity index (χ2v) is 3.53. The van der Waals surface area contributed by atoms with Crippen molar-refractivity contribution in [2.24, 2.45) is 5.11 Å². The van der Waals surface area contributed by atoms with Gasteiger partial charge < -0.3 is 10.2 Å². The van der Waals surface area contributed by atoms with E-state index in [0.717, 1.165) is 0 Å². The summed E-state index contributed by atoms with van der Waals surface area (Å²) in [4.78, 5) is 2.57. The first kappa shape index (κ1) is 13.1. The minimum atomic E-state index is -1.03. The molecule has 5 heteroatoms. The molecule has 0 spiro atoms. The smallest absolute Gasteiger partial charge is 0.105 e. The van der Waals surface area contributed by atoms with Crippen molar-refractivity contribution in [3.8, 4) is 12.3 Å². The number of terminal acetylenes is 1. The molecule has 0 aliphatic rings. The molecule has 2 unspecified atom stereocenters. The van der Waals surface area contributed by atoms with Crippen LogP contribution in [-0.4, -0.2) is 22.9 Å². The lowest BCUT2D eigenvalue weighted by Crippen LogP contribution is -2.19. The van der Waals surface area contributed by atoms with Crippen LogP contribution in [0.5, 0.6) is 0 Å². The first-order valence-corrected chi connectivity index (χ1v) is 5.12. The topological polar surface area (TPSA) is 89.2 Å². The maximum atomic E-state index is 9.85. The van der Waals surface area contributed by atoms with E-state index in [1.54, 1.807) is 24.3 Å². The predicted octanol–water partition coefficient (Wildman–Crippen LogP) is 1.76. The minimum absolute atomic E-state index is 0.142. The van der Waals surface area contributed by atoms with Crippen LogP contribution < -0.4 is 0 Å². The van der Waals surface area contributed by atoms with Gasteiger partial charge in [-0.2, -0.15) is 0 Å². The SMILES string of the molecule is C#Cc1cccc(C(O)C(O)CCN=[N+]=[N-])c1. The van der Waals surface area contributed by atoms with Gasteiger partial charge in [-0.15, -0.1) is 6.42 Å². The second kappa shape index (κ2) is 6.56. The Morgan fingerprint density at radius 1 is 1.47 bits per heavy atom. The van der Waals surface area contributed by atoms with Gasteiger partial charge in [0.2, 0.25) is 0 Å². The lowest BCUT2D eigenvalue weighted by Gasteiger charge is -2.17. The molecule has 0 saturated carbocycles. The van der Waals surface area contributed by atoms with Crippen LogP contribution in [0.15, 0.2) is 29.4 Å². The Kier molecular flexibility index (Phi) is 5.05. The molecule has 0 amide bonds. The van der Waals surface area contributed by atoms with E-state index < -0.39 is 12.2 Å². The van der Waals surface area contributed by atoms with Gasteiger partial charge in [-0.25, -0.2) is 0 Å². The summed E-state index contributed by atoms with van der Waals surface area (Å²) in [6.07, 6.45) is 3.44. The zero-order chi connectivity index (χ0) is 12.7. The van der Waals surface area contributed by atoms with Gasteiger partial charge in [-0.05, 0) is 29.6 Å². The number of aliphatic hydroxyl groups excluding tert-OH is 2. The summed E-state index contributed by atoms with van der Waals surface area (Å²) in [7, 11) is 0. The van der Waals surface area contributed by atoms with Crippen LogP contribution in [-0.2, 0) is 0 Å². The molecule has 1 aromatic rings. The number of azide groups is 1. The lowest BCUT2D eigenvalue weighted by molar-refractivity contribution is 0.0150. The Morgan fingerprint density at radius 3 is 2.88 bits per heavy atom. The summed E-state index contributed by atoms with van der Waals surface area (Å²) < 4.78 is 0. The van der Waals surface area contributed by atoms with Crippen LogP contribution in [0.25, 0.3) is 10.4 Å². The van der Waals surface area contributed by atoms with Crippen LogP contribution in [0, 0.1) is 12.3 Å². The molecule has 0 aliphatic carbocycles. The highest BCUT2D eigenvalue weighted by Gasteiger charge is 2.17. The molecule has 0 saturated heterocycles. The van der Waals surface area contributed by atoms with Crippen molar-refractivity contribution in [3.63, 3.8) is 0 Å². The van der Waals surface area contributed by atoms with Gasteiger partial charge in [-0.1, -0.05) is 23.2 Å². The predicted molar refractivity (Wildman–Crippen MR) is 64.0 cm³/mol. The van der Waals surface area contributed by atoms with Crippen molar-refractivity contribution >= 4 is 0 Å². The highest BCUT2D eigenvalue weighted by molar-refractivity contribution is 5.36. The summed E-state index contributed by atoms with van der Waals surface area (Å²) in [5, 5.41) is 22.8. The molecule has 17 heavy (non-hydrogen) atoms. The molecule has 1 rings (SSSR count). The molecule has 0 aliphatic heterocycles. The zero-order valence-corrected chi connectivity index (χ0v) is 9.19. The molecular weight excluding hydrogens is 218 g/mol. The first-order chi connectivity index (χ1) is 8.19. The molecule has 88 valence electrons. The van der Waals surface area contributed by atoms with Crippen LogP contribution in [0.4, 0.5) is 0 Å². The molecule has 0 bridgehead atoms. The van der Waals surface area contributed by atoms with Crippen molar-refractivity contribution in [2.75, 3.05) is 6.54 Å². The van der Waals surface area contributed by atoms with Gasteiger partial charge in [-0.3, -0.25) is 0 Å². The lowest BCUT2D eigenvalue weighted by atomic mass is 10.0. The molecule has 0 aromatic heterocycles. The number of rotatable bonds is 5. The normalized spacial score (nSPS) is 13.2. The van der Waals surface area contributed by atoms with Gasteiger partial charge in [0.05, 0.1) is 6.10 Å². The van der Waals surface area contributed by atoms with E-state index in [-0.39, 0.29) is 13.0 Å². The second-order valence-electron chi connectivity index (χ2n) is 3.53. The van der Waals surface area contributed by atoms with Crippen molar-refractivity contribution in [1.82, 2.24) is 0 Å². The van der Waals surface area contributed by atoms with Gasteiger partial charge >= 0.3 is 0 Å². The molecule has 1 aromatic carbocycles. The Balaban J connectivity index is 2.70. The summed E-state index contributed by atoms with van der Waals surface area (Å²) in [5.41, 5.74) is 9.29. The summed E-state index contributed by atoms with van der Waals surface area (Å²) in [6.45, 7) is 0.142. The Labute approximate surface area is 99.3 Å². The molecule has 0 radical (unpaired) electrons. The van der Waals surface area contributed by atoms with E-state index in [9.17, 15) is 10.2 Å². The van der Waals surface area contributed by atoms with Gasteiger partial charge in [0.15, 0.2) is 0 Å². The molecule has 0 fully saturated rings. The Hall–Kier alpha value is -1.99. The third-order valence-corrected chi connectivity index (χ3v) is 2.35. The fourth-order valence-corrected chi connectivity index (χ4v) is 1.43. The van der Waals surface area contributed by atoms with Crippen LogP contribution in [0.3, 0.4) is 0 Å². The maximum absolute atomic E-state index is 9.85.